The minimum Gasteiger partial charge on any atom is -0.493 e. The summed E-state index contributed by atoms with van der Waals surface area (Å²) in [5.41, 5.74) is 7.93. The average molecular weight is 299 g/mol. The van der Waals surface area contributed by atoms with Gasteiger partial charge in [0, 0.05) is 12.6 Å². The quantitative estimate of drug-likeness (QED) is 0.932. The average Bonchev–Trinajstić information content (AvgIpc) is 2.53. The Kier molecular flexibility index (Phi) is 3.66. The van der Waals surface area contributed by atoms with Crippen LogP contribution in [0.1, 0.15) is 34.0 Å². The molecule has 6 nitrogen and oxygen atoms in total. The first-order valence-electron chi connectivity index (χ1n) is 6.99. The van der Waals surface area contributed by atoms with Crippen molar-refractivity contribution in [2.75, 3.05) is 20.0 Å². The van der Waals surface area contributed by atoms with Crippen LogP contribution < -0.4 is 15.2 Å². The number of hydrogen-bond donors (Lipinski definition) is 1. The molecule has 2 N–H and O–H groups in total. The Morgan fingerprint density at radius 2 is 1.95 bits per heavy atom. The Bertz CT molecular complexity index is 731. The zero-order valence-corrected chi connectivity index (χ0v) is 12.5. The number of nitrogens with two attached hydrogens (primary N) is 1. The molecule has 0 bridgehead atoms. The van der Waals surface area contributed by atoms with E-state index >= 15 is 0 Å². The van der Waals surface area contributed by atoms with E-state index in [1.807, 2.05) is 18.2 Å². The molecule has 0 saturated carbocycles. The Morgan fingerprint density at radius 3 is 2.68 bits per heavy atom. The number of benzene rings is 1. The highest BCUT2D eigenvalue weighted by atomic mass is 16.5. The van der Waals surface area contributed by atoms with Gasteiger partial charge in [0.1, 0.15) is 0 Å². The summed E-state index contributed by atoms with van der Waals surface area (Å²) in [5.74, 6) is 1.61. The van der Waals surface area contributed by atoms with Gasteiger partial charge >= 0.3 is 0 Å². The lowest BCUT2D eigenvalue weighted by Gasteiger charge is -2.23. The van der Waals surface area contributed by atoms with Crippen LogP contribution in [0.2, 0.25) is 0 Å². The molecule has 0 spiro atoms. The lowest BCUT2D eigenvalue weighted by molar-refractivity contribution is 0.0962. The summed E-state index contributed by atoms with van der Waals surface area (Å²) in [6.07, 6.45) is 2.60. The lowest BCUT2D eigenvalue weighted by Crippen LogP contribution is -2.21. The van der Waals surface area contributed by atoms with Crippen LogP contribution in [0.5, 0.6) is 11.5 Å². The van der Waals surface area contributed by atoms with E-state index in [-0.39, 0.29) is 17.6 Å². The second-order valence-corrected chi connectivity index (χ2v) is 5.23. The first-order chi connectivity index (χ1) is 10.6. The summed E-state index contributed by atoms with van der Waals surface area (Å²) in [7, 11) is 3.19. The molecule has 22 heavy (non-hydrogen) atoms. The molecule has 1 aliphatic carbocycles. The molecule has 3 rings (SSSR count). The Labute approximate surface area is 128 Å². The number of rotatable bonds is 3. The second kappa shape index (κ2) is 5.63. The van der Waals surface area contributed by atoms with Crippen molar-refractivity contribution in [1.82, 2.24) is 9.97 Å². The molecule has 0 fully saturated rings. The van der Waals surface area contributed by atoms with E-state index in [0.29, 0.717) is 35.6 Å². The van der Waals surface area contributed by atoms with E-state index < -0.39 is 0 Å². The molecule has 0 saturated heterocycles. The van der Waals surface area contributed by atoms with Gasteiger partial charge in [-0.3, -0.25) is 4.79 Å². The third-order valence-corrected chi connectivity index (χ3v) is 3.94. The Hall–Kier alpha value is -2.63. The summed E-state index contributed by atoms with van der Waals surface area (Å²) in [4.78, 5) is 20.4. The van der Waals surface area contributed by atoms with Gasteiger partial charge in [0.15, 0.2) is 17.3 Å². The minimum atomic E-state index is 0.0426. The van der Waals surface area contributed by atoms with Crippen molar-refractivity contribution in [1.29, 1.82) is 0 Å². The number of ether oxygens (including phenoxy) is 2. The van der Waals surface area contributed by atoms with Crippen LogP contribution in [0.3, 0.4) is 0 Å². The number of carbonyl (C=O) groups excluding carboxylic acids is 1. The number of Topliss-reactive ketones (excluding diaryl/α,β-unsaturated/α-hetero) is 1. The molecule has 0 unspecified atom stereocenters. The molecule has 1 aromatic carbocycles. The van der Waals surface area contributed by atoms with Gasteiger partial charge in [-0.1, -0.05) is 6.07 Å². The summed E-state index contributed by atoms with van der Waals surface area (Å²) in [6.45, 7) is 0. The van der Waals surface area contributed by atoms with Gasteiger partial charge in [-0.25, -0.2) is 9.97 Å². The number of nitrogen functional groups attached to an aromatic ring is 1. The summed E-state index contributed by atoms with van der Waals surface area (Å²) in [5, 5.41) is 0. The maximum absolute atomic E-state index is 12.3. The number of anilines is 1. The lowest BCUT2D eigenvalue weighted by atomic mass is 9.82. The molecule has 0 amide bonds. The third kappa shape index (κ3) is 2.47. The monoisotopic (exact) mass is 299 g/mol. The smallest absolute Gasteiger partial charge is 0.220 e. The number of fused-ring (bicyclic) bond motifs is 1. The van der Waals surface area contributed by atoms with Crippen molar-refractivity contribution < 1.29 is 14.3 Å². The zero-order chi connectivity index (χ0) is 15.7. The Balaban J connectivity index is 1.95. The van der Waals surface area contributed by atoms with E-state index in [1.54, 1.807) is 14.2 Å². The first-order valence-corrected chi connectivity index (χ1v) is 6.99. The standard InChI is InChI=1S/C16H17N3O3/c1-21-14-4-3-9(7-15(14)22-2)10-5-12-11(13(20)6-10)8-18-16(17)19-12/h3-4,7-8,10H,5-6H2,1-2H3,(H2,17,18,19)/t10-/m1/s1. The molecule has 1 aliphatic rings. The van der Waals surface area contributed by atoms with Crippen LogP contribution in [0.25, 0.3) is 0 Å². The summed E-state index contributed by atoms with van der Waals surface area (Å²) in [6, 6.07) is 5.71. The van der Waals surface area contributed by atoms with Crippen molar-refractivity contribution in [3.8, 4) is 11.5 Å². The van der Waals surface area contributed by atoms with Crippen molar-refractivity contribution in [2.24, 2.45) is 0 Å². The van der Waals surface area contributed by atoms with Crippen LogP contribution >= 0.6 is 0 Å². The normalized spacial score (nSPS) is 17.0. The van der Waals surface area contributed by atoms with Gasteiger partial charge in [-0.15, -0.1) is 0 Å². The van der Waals surface area contributed by atoms with Crippen LogP contribution in [-0.2, 0) is 6.42 Å². The molecule has 0 radical (unpaired) electrons. The number of nitrogens with zero attached hydrogens (tertiary/aromatic N) is 2. The maximum Gasteiger partial charge on any atom is 0.220 e. The largest absolute Gasteiger partial charge is 0.493 e. The van der Waals surface area contributed by atoms with Crippen molar-refractivity contribution >= 4 is 11.7 Å². The van der Waals surface area contributed by atoms with Gasteiger partial charge in [0.25, 0.3) is 0 Å². The molecule has 0 aliphatic heterocycles. The SMILES string of the molecule is COc1ccc([C@H]2CC(=O)c3cnc(N)nc3C2)cc1OC. The van der Waals surface area contributed by atoms with Crippen LogP contribution in [0.4, 0.5) is 5.95 Å². The number of carbonyl (C=O) groups is 1. The van der Waals surface area contributed by atoms with E-state index in [1.165, 1.54) is 6.20 Å². The predicted molar refractivity (Wildman–Crippen MR) is 81.4 cm³/mol. The number of hydrogen-bond acceptors (Lipinski definition) is 6. The van der Waals surface area contributed by atoms with Gasteiger partial charge in [-0.05, 0) is 30.0 Å². The first kappa shape index (κ1) is 14.3. The molecule has 1 atom stereocenters. The number of ketones is 1. The molecule has 1 aromatic heterocycles. The minimum absolute atomic E-state index is 0.0426. The fraction of sp³-hybridized carbons (Fsp3) is 0.312. The topological polar surface area (TPSA) is 87.3 Å². The molecular weight excluding hydrogens is 282 g/mol. The fourth-order valence-electron chi connectivity index (χ4n) is 2.80. The molecule has 114 valence electrons. The van der Waals surface area contributed by atoms with Crippen LogP contribution in [-0.4, -0.2) is 30.0 Å². The van der Waals surface area contributed by atoms with E-state index in [9.17, 15) is 4.79 Å². The van der Waals surface area contributed by atoms with Crippen molar-refractivity contribution in [3.63, 3.8) is 0 Å². The van der Waals surface area contributed by atoms with Gasteiger partial charge in [-0.2, -0.15) is 0 Å². The van der Waals surface area contributed by atoms with E-state index in [4.69, 9.17) is 15.2 Å². The van der Waals surface area contributed by atoms with E-state index in [0.717, 1.165) is 5.56 Å². The second-order valence-electron chi connectivity index (χ2n) is 5.23. The fourth-order valence-corrected chi connectivity index (χ4v) is 2.80. The number of aromatic nitrogens is 2. The highest BCUT2D eigenvalue weighted by molar-refractivity contribution is 5.98. The van der Waals surface area contributed by atoms with Gasteiger partial charge in [0.2, 0.25) is 5.95 Å². The van der Waals surface area contributed by atoms with Crippen LogP contribution in [0, 0.1) is 0 Å². The summed E-state index contributed by atoms with van der Waals surface area (Å²) >= 11 is 0. The molecule has 2 aromatic rings. The van der Waals surface area contributed by atoms with Gasteiger partial charge in [0.05, 0.1) is 25.5 Å². The van der Waals surface area contributed by atoms with Crippen LogP contribution in [0.15, 0.2) is 24.4 Å². The highest BCUT2D eigenvalue weighted by Gasteiger charge is 2.28. The highest BCUT2D eigenvalue weighted by Crippen LogP contribution is 2.36. The van der Waals surface area contributed by atoms with Crippen molar-refractivity contribution in [2.45, 2.75) is 18.8 Å². The molecular formula is C16H17N3O3. The van der Waals surface area contributed by atoms with E-state index in [2.05, 4.69) is 9.97 Å². The summed E-state index contributed by atoms with van der Waals surface area (Å²) < 4.78 is 10.6. The zero-order valence-electron chi connectivity index (χ0n) is 12.5. The molecule has 1 heterocycles. The Morgan fingerprint density at radius 1 is 1.18 bits per heavy atom. The maximum atomic E-state index is 12.3. The third-order valence-electron chi connectivity index (χ3n) is 3.94. The predicted octanol–water partition coefficient (Wildman–Crippen LogP) is 1.99. The molecule has 6 heteroatoms. The van der Waals surface area contributed by atoms with Crippen molar-refractivity contribution in [3.05, 3.63) is 41.2 Å². The van der Waals surface area contributed by atoms with Gasteiger partial charge < -0.3 is 15.2 Å². The number of methoxy groups -OCH3 is 2.